The van der Waals surface area contributed by atoms with Gasteiger partial charge >= 0.3 is 0 Å². The number of hydrogen-bond acceptors (Lipinski definition) is 2. The van der Waals surface area contributed by atoms with Gasteiger partial charge < -0.3 is 4.74 Å². The number of halogens is 1. The molecule has 0 saturated heterocycles. The number of hydrogen-bond donors (Lipinski definition) is 0. The minimum Gasteiger partial charge on any atom is -0.474 e. The van der Waals surface area contributed by atoms with Gasteiger partial charge in [-0.25, -0.2) is 4.98 Å². The SMILES string of the molecule is Ic1ccnc(OC2CCCCC2)c1. The molecule has 76 valence electrons. The molecular weight excluding hydrogens is 289 g/mol. The zero-order valence-corrected chi connectivity index (χ0v) is 10.2. The van der Waals surface area contributed by atoms with E-state index >= 15 is 0 Å². The number of rotatable bonds is 2. The van der Waals surface area contributed by atoms with Crippen LogP contribution in [0.15, 0.2) is 18.3 Å². The number of ether oxygens (including phenoxy) is 1. The molecule has 1 saturated carbocycles. The highest BCUT2D eigenvalue weighted by Crippen LogP contribution is 2.22. The third kappa shape index (κ3) is 2.83. The summed E-state index contributed by atoms with van der Waals surface area (Å²) in [6.45, 7) is 0. The highest BCUT2D eigenvalue weighted by Gasteiger charge is 2.15. The first-order chi connectivity index (χ1) is 6.84. The molecule has 0 aromatic carbocycles. The molecule has 1 aromatic rings. The highest BCUT2D eigenvalue weighted by molar-refractivity contribution is 14.1. The van der Waals surface area contributed by atoms with Crippen molar-refractivity contribution in [2.45, 2.75) is 38.2 Å². The molecule has 0 bridgehead atoms. The Labute approximate surface area is 98.2 Å². The van der Waals surface area contributed by atoms with Crippen LogP contribution in [0.25, 0.3) is 0 Å². The fourth-order valence-electron chi connectivity index (χ4n) is 1.80. The number of aromatic nitrogens is 1. The Bertz CT molecular complexity index is 297. The molecule has 1 heterocycles. The van der Waals surface area contributed by atoms with Crippen molar-refractivity contribution in [2.75, 3.05) is 0 Å². The maximum Gasteiger partial charge on any atom is 0.214 e. The molecule has 0 aliphatic heterocycles. The third-order valence-corrected chi connectivity index (χ3v) is 3.21. The second-order valence-electron chi connectivity index (χ2n) is 3.69. The number of pyridine rings is 1. The summed E-state index contributed by atoms with van der Waals surface area (Å²) in [5.74, 6) is 0.781. The molecule has 0 N–H and O–H groups in total. The predicted molar refractivity (Wildman–Crippen MR) is 64.5 cm³/mol. The summed E-state index contributed by atoms with van der Waals surface area (Å²) in [7, 11) is 0. The van der Waals surface area contributed by atoms with E-state index in [-0.39, 0.29) is 0 Å². The van der Waals surface area contributed by atoms with Gasteiger partial charge in [0.25, 0.3) is 0 Å². The Balaban J connectivity index is 1.95. The van der Waals surface area contributed by atoms with E-state index in [0.717, 1.165) is 5.88 Å². The quantitative estimate of drug-likeness (QED) is 0.781. The van der Waals surface area contributed by atoms with Gasteiger partial charge in [-0.3, -0.25) is 0 Å². The Hall–Kier alpha value is -0.320. The smallest absolute Gasteiger partial charge is 0.214 e. The largest absolute Gasteiger partial charge is 0.474 e. The molecule has 3 heteroatoms. The lowest BCUT2D eigenvalue weighted by Crippen LogP contribution is -2.20. The van der Waals surface area contributed by atoms with Crippen LogP contribution in [-0.2, 0) is 0 Å². The summed E-state index contributed by atoms with van der Waals surface area (Å²) in [6, 6.07) is 3.98. The lowest BCUT2D eigenvalue weighted by Gasteiger charge is -2.22. The summed E-state index contributed by atoms with van der Waals surface area (Å²) in [5, 5.41) is 0. The zero-order valence-electron chi connectivity index (χ0n) is 8.08. The third-order valence-electron chi connectivity index (χ3n) is 2.54. The standard InChI is InChI=1S/C11H14INO/c12-9-6-7-13-11(8-9)14-10-4-2-1-3-5-10/h6-8,10H,1-5H2. The van der Waals surface area contributed by atoms with E-state index in [1.165, 1.54) is 35.7 Å². The van der Waals surface area contributed by atoms with Crippen molar-refractivity contribution in [2.24, 2.45) is 0 Å². The van der Waals surface area contributed by atoms with Gasteiger partial charge in [-0.1, -0.05) is 6.42 Å². The van der Waals surface area contributed by atoms with E-state index in [9.17, 15) is 0 Å². The summed E-state index contributed by atoms with van der Waals surface area (Å²) in [6.07, 6.45) is 8.54. The van der Waals surface area contributed by atoms with E-state index in [1.807, 2.05) is 12.1 Å². The van der Waals surface area contributed by atoms with Crippen LogP contribution in [0.1, 0.15) is 32.1 Å². The van der Waals surface area contributed by atoms with Crippen LogP contribution in [0, 0.1) is 3.57 Å². The van der Waals surface area contributed by atoms with Crippen molar-refractivity contribution in [3.8, 4) is 5.88 Å². The van der Waals surface area contributed by atoms with Crippen molar-refractivity contribution in [3.05, 3.63) is 21.9 Å². The van der Waals surface area contributed by atoms with Crippen LogP contribution in [0.2, 0.25) is 0 Å². The molecule has 0 spiro atoms. The van der Waals surface area contributed by atoms with Crippen molar-refractivity contribution >= 4 is 22.6 Å². The maximum absolute atomic E-state index is 5.82. The van der Waals surface area contributed by atoms with Crippen molar-refractivity contribution in [1.82, 2.24) is 4.98 Å². The Morgan fingerprint density at radius 3 is 2.79 bits per heavy atom. The minimum atomic E-state index is 0.398. The lowest BCUT2D eigenvalue weighted by molar-refractivity contribution is 0.148. The molecule has 0 atom stereocenters. The second-order valence-corrected chi connectivity index (χ2v) is 4.94. The van der Waals surface area contributed by atoms with Crippen molar-refractivity contribution in [1.29, 1.82) is 0 Å². The normalized spacial score (nSPS) is 18.1. The van der Waals surface area contributed by atoms with Gasteiger partial charge in [0, 0.05) is 15.8 Å². The minimum absolute atomic E-state index is 0.398. The average Bonchev–Trinajstić information content (AvgIpc) is 2.19. The van der Waals surface area contributed by atoms with Crippen molar-refractivity contribution < 1.29 is 4.74 Å². The van der Waals surface area contributed by atoms with Gasteiger partial charge in [-0.2, -0.15) is 0 Å². The molecular formula is C11H14INO. The number of nitrogens with zero attached hydrogens (tertiary/aromatic N) is 1. The molecule has 14 heavy (non-hydrogen) atoms. The molecule has 0 unspecified atom stereocenters. The summed E-state index contributed by atoms with van der Waals surface area (Å²) >= 11 is 2.28. The van der Waals surface area contributed by atoms with Crippen molar-refractivity contribution in [3.63, 3.8) is 0 Å². The van der Waals surface area contributed by atoms with E-state index < -0.39 is 0 Å². The Kier molecular flexibility index (Phi) is 3.61. The predicted octanol–water partition coefficient (Wildman–Crippen LogP) is 3.40. The van der Waals surface area contributed by atoms with E-state index in [0.29, 0.717) is 6.10 Å². The fraction of sp³-hybridized carbons (Fsp3) is 0.545. The van der Waals surface area contributed by atoms with Gasteiger partial charge in [-0.05, 0) is 54.3 Å². The van der Waals surface area contributed by atoms with Gasteiger partial charge in [0.15, 0.2) is 0 Å². The fourth-order valence-corrected chi connectivity index (χ4v) is 2.23. The molecule has 1 aromatic heterocycles. The van der Waals surface area contributed by atoms with Crippen LogP contribution in [-0.4, -0.2) is 11.1 Å². The molecule has 0 amide bonds. The van der Waals surface area contributed by atoms with Crippen LogP contribution in [0.3, 0.4) is 0 Å². The van der Waals surface area contributed by atoms with Crippen LogP contribution < -0.4 is 4.74 Å². The molecule has 2 nitrogen and oxygen atoms in total. The van der Waals surface area contributed by atoms with Crippen LogP contribution in [0.4, 0.5) is 0 Å². The summed E-state index contributed by atoms with van der Waals surface area (Å²) < 4.78 is 7.00. The average molecular weight is 303 g/mol. The first-order valence-corrected chi connectivity index (χ1v) is 6.21. The first-order valence-electron chi connectivity index (χ1n) is 5.13. The van der Waals surface area contributed by atoms with Crippen LogP contribution in [0.5, 0.6) is 5.88 Å². The van der Waals surface area contributed by atoms with Gasteiger partial charge in [0.1, 0.15) is 6.10 Å². The van der Waals surface area contributed by atoms with E-state index in [4.69, 9.17) is 4.74 Å². The van der Waals surface area contributed by atoms with E-state index in [1.54, 1.807) is 6.20 Å². The van der Waals surface area contributed by atoms with Gasteiger partial charge in [0.2, 0.25) is 5.88 Å². The second kappa shape index (κ2) is 4.96. The van der Waals surface area contributed by atoms with Gasteiger partial charge in [-0.15, -0.1) is 0 Å². The molecule has 1 aliphatic carbocycles. The van der Waals surface area contributed by atoms with Gasteiger partial charge in [0.05, 0.1) is 0 Å². The lowest BCUT2D eigenvalue weighted by atomic mass is 9.98. The van der Waals surface area contributed by atoms with E-state index in [2.05, 4.69) is 27.6 Å². The zero-order chi connectivity index (χ0) is 9.80. The molecule has 0 radical (unpaired) electrons. The Morgan fingerprint density at radius 2 is 2.07 bits per heavy atom. The monoisotopic (exact) mass is 303 g/mol. The summed E-state index contributed by atoms with van der Waals surface area (Å²) in [5.41, 5.74) is 0. The topological polar surface area (TPSA) is 22.1 Å². The Morgan fingerprint density at radius 1 is 1.29 bits per heavy atom. The molecule has 2 rings (SSSR count). The maximum atomic E-state index is 5.82. The molecule has 1 fully saturated rings. The molecule has 1 aliphatic rings. The van der Waals surface area contributed by atoms with Crippen LogP contribution >= 0.6 is 22.6 Å². The first kappa shape index (κ1) is 10.2. The highest BCUT2D eigenvalue weighted by atomic mass is 127. The summed E-state index contributed by atoms with van der Waals surface area (Å²) in [4.78, 5) is 4.21.